The molecule has 3 aromatic carbocycles. The first kappa shape index (κ1) is 21.4. The molecule has 7 heteroatoms. The van der Waals surface area contributed by atoms with Crippen molar-refractivity contribution in [2.24, 2.45) is 10.2 Å². The van der Waals surface area contributed by atoms with Gasteiger partial charge in [-0.25, -0.2) is 0 Å². The van der Waals surface area contributed by atoms with Gasteiger partial charge in [-0.2, -0.15) is 0 Å². The van der Waals surface area contributed by atoms with Gasteiger partial charge in [-0.05, 0) is 35.7 Å². The fourth-order valence-electron chi connectivity index (χ4n) is 3.70. The number of carbonyl (C=O) groups is 1. The third-order valence-corrected chi connectivity index (χ3v) is 7.01. The standard InChI is InChI=1S/C26H22N4OS2/c1-19-9-8-14-22(15-19)30-23(21-12-6-3-7-13-21)17-32-25(30)28-27-24-18-33-26(31)29(24)16-20-10-4-2-5-11-20/h2-15,17H,16,18H2,1H3/b27-24+,28-25+. The van der Waals surface area contributed by atoms with Gasteiger partial charge in [0.05, 0.1) is 18.0 Å². The third-order valence-electron chi connectivity index (χ3n) is 5.33. The molecule has 0 aliphatic carbocycles. The number of thiazole rings is 1. The van der Waals surface area contributed by atoms with Gasteiger partial charge >= 0.3 is 0 Å². The van der Waals surface area contributed by atoms with Crippen LogP contribution in [0.25, 0.3) is 16.9 Å². The molecular weight excluding hydrogens is 448 g/mol. The number of amidine groups is 1. The summed E-state index contributed by atoms with van der Waals surface area (Å²) in [6.45, 7) is 2.58. The molecule has 0 unspecified atom stereocenters. The van der Waals surface area contributed by atoms with Crippen molar-refractivity contribution in [1.82, 2.24) is 9.47 Å². The predicted octanol–water partition coefficient (Wildman–Crippen LogP) is 6.10. The van der Waals surface area contributed by atoms with Gasteiger partial charge in [-0.15, -0.1) is 21.5 Å². The van der Waals surface area contributed by atoms with Crippen LogP contribution in [0.3, 0.4) is 0 Å². The van der Waals surface area contributed by atoms with Gasteiger partial charge in [0.25, 0.3) is 5.24 Å². The Labute approximate surface area is 200 Å². The van der Waals surface area contributed by atoms with E-state index in [9.17, 15) is 4.79 Å². The number of benzene rings is 3. The van der Waals surface area contributed by atoms with Crippen LogP contribution in [0, 0.1) is 6.92 Å². The van der Waals surface area contributed by atoms with E-state index in [4.69, 9.17) is 0 Å². The Morgan fingerprint density at radius 2 is 1.67 bits per heavy atom. The number of hydrogen-bond donors (Lipinski definition) is 0. The zero-order valence-corrected chi connectivity index (χ0v) is 19.7. The lowest BCUT2D eigenvalue weighted by atomic mass is 10.1. The molecule has 0 spiro atoms. The summed E-state index contributed by atoms with van der Waals surface area (Å²) in [6.07, 6.45) is 0. The molecule has 0 bridgehead atoms. The topological polar surface area (TPSA) is 50.0 Å². The highest BCUT2D eigenvalue weighted by molar-refractivity contribution is 8.14. The number of thioether (sulfide) groups is 1. The van der Waals surface area contributed by atoms with Crippen LogP contribution in [0.2, 0.25) is 0 Å². The lowest BCUT2D eigenvalue weighted by Crippen LogP contribution is -2.28. The highest BCUT2D eigenvalue weighted by Gasteiger charge is 2.28. The minimum absolute atomic E-state index is 0.00974. The van der Waals surface area contributed by atoms with Gasteiger partial charge in [0.1, 0.15) is 5.84 Å². The highest BCUT2D eigenvalue weighted by atomic mass is 32.2. The summed E-state index contributed by atoms with van der Waals surface area (Å²) in [5.41, 5.74) is 5.45. The second-order valence-electron chi connectivity index (χ2n) is 7.69. The Hall–Kier alpha value is -3.42. The van der Waals surface area contributed by atoms with Crippen LogP contribution in [0.1, 0.15) is 11.1 Å². The molecule has 0 saturated carbocycles. The number of amides is 1. The van der Waals surface area contributed by atoms with Crippen molar-refractivity contribution in [1.29, 1.82) is 0 Å². The number of nitrogens with zero attached hydrogens (tertiary/aromatic N) is 4. The van der Waals surface area contributed by atoms with E-state index in [0.29, 0.717) is 18.1 Å². The Bertz CT molecular complexity index is 1370. The quantitative estimate of drug-likeness (QED) is 0.331. The van der Waals surface area contributed by atoms with Gasteiger partial charge in [-0.1, -0.05) is 84.6 Å². The van der Waals surface area contributed by atoms with Crippen LogP contribution in [0.5, 0.6) is 0 Å². The first-order valence-electron chi connectivity index (χ1n) is 10.6. The predicted molar refractivity (Wildman–Crippen MR) is 137 cm³/mol. The van der Waals surface area contributed by atoms with Crippen LogP contribution in [0.15, 0.2) is 101 Å². The Morgan fingerprint density at radius 3 is 2.42 bits per heavy atom. The van der Waals surface area contributed by atoms with Crippen molar-refractivity contribution in [3.8, 4) is 16.9 Å². The summed E-state index contributed by atoms with van der Waals surface area (Å²) in [5, 5.41) is 11.3. The highest BCUT2D eigenvalue weighted by Crippen LogP contribution is 2.25. The molecule has 4 aromatic rings. The van der Waals surface area contributed by atoms with Crippen molar-refractivity contribution in [2.75, 3.05) is 5.75 Å². The summed E-state index contributed by atoms with van der Waals surface area (Å²) in [6, 6.07) is 28.6. The summed E-state index contributed by atoms with van der Waals surface area (Å²) in [5.74, 6) is 1.20. The summed E-state index contributed by atoms with van der Waals surface area (Å²) in [4.78, 5) is 15.0. The van der Waals surface area contributed by atoms with E-state index in [1.807, 2.05) is 54.6 Å². The maximum absolute atomic E-state index is 12.5. The van der Waals surface area contributed by atoms with Gasteiger partial charge in [0.2, 0.25) is 4.80 Å². The summed E-state index contributed by atoms with van der Waals surface area (Å²) in [7, 11) is 0. The summed E-state index contributed by atoms with van der Waals surface area (Å²) >= 11 is 2.81. The Kier molecular flexibility index (Phi) is 6.24. The monoisotopic (exact) mass is 470 g/mol. The largest absolute Gasteiger partial charge is 0.287 e. The molecule has 164 valence electrons. The molecule has 33 heavy (non-hydrogen) atoms. The van der Waals surface area contributed by atoms with E-state index < -0.39 is 0 Å². The number of aromatic nitrogens is 1. The fourth-order valence-corrected chi connectivity index (χ4v) is 5.35. The van der Waals surface area contributed by atoms with Gasteiger partial charge in [-0.3, -0.25) is 14.3 Å². The minimum atomic E-state index is 0.00974. The molecule has 1 aliphatic rings. The van der Waals surface area contributed by atoms with E-state index in [2.05, 4.69) is 57.4 Å². The van der Waals surface area contributed by atoms with Crippen LogP contribution in [-0.2, 0) is 6.54 Å². The Balaban J connectivity index is 1.57. The molecule has 5 rings (SSSR count). The Morgan fingerprint density at radius 1 is 0.909 bits per heavy atom. The van der Waals surface area contributed by atoms with Crippen molar-refractivity contribution in [3.63, 3.8) is 0 Å². The first-order valence-corrected chi connectivity index (χ1v) is 12.5. The summed E-state index contributed by atoms with van der Waals surface area (Å²) < 4.78 is 2.13. The molecule has 2 heterocycles. The molecule has 1 aliphatic heterocycles. The molecule has 1 aromatic heterocycles. The lowest BCUT2D eigenvalue weighted by Gasteiger charge is -2.15. The molecule has 0 N–H and O–H groups in total. The van der Waals surface area contributed by atoms with E-state index in [-0.39, 0.29) is 5.24 Å². The van der Waals surface area contributed by atoms with Crippen molar-refractivity contribution >= 4 is 34.2 Å². The number of hydrogen-bond acceptors (Lipinski definition) is 5. The average molecular weight is 471 g/mol. The number of aryl methyl sites for hydroxylation is 1. The molecule has 1 saturated heterocycles. The fraction of sp³-hybridized carbons (Fsp3) is 0.115. The van der Waals surface area contributed by atoms with Crippen LogP contribution in [0.4, 0.5) is 4.79 Å². The van der Waals surface area contributed by atoms with E-state index in [1.54, 1.807) is 16.2 Å². The molecule has 1 amide bonds. The number of rotatable bonds is 5. The van der Waals surface area contributed by atoms with Gasteiger partial charge in [0.15, 0.2) is 0 Å². The molecule has 1 fully saturated rings. The normalized spacial score (nSPS) is 15.5. The number of carbonyl (C=O) groups excluding carboxylic acids is 1. The minimum Gasteiger partial charge on any atom is -0.284 e. The van der Waals surface area contributed by atoms with E-state index in [1.165, 1.54) is 17.3 Å². The molecular formula is C26H22N4OS2. The van der Waals surface area contributed by atoms with Gasteiger partial charge < -0.3 is 0 Å². The van der Waals surface area contributed by atoms with Crippen LogP contribution < -0.4 is 4.80 Å². The van der Waals surface area contributed by atoms with Gasteiger partial charge in [0, 0.05) is 11.1 Å². The molecule has 0 atom stereocenters. The third kappa shape index (κ3) is 4.69. The zero-order valence-electron chi connectivity index (χ0n) is 18.1. The smallest absolute Gasteiger partial charge is 0.284 e. The van der Waals surface area contributed by atoms with Crippen LogP contribution in [-0.4, -0.2) is 26.3 Å². The zero-order chi connectivity index (χ0) is 22.6. The average Bonchev–Trinajstić information content (AvgIpc) is 3.42. The van der Waals surface area contributed by atoms with Crippen molar-refractivity contribution in [2.45, 2.75) is 13.5 Å². The second-order valence-corrected chi connectivity index (χ2v) is 9.45. The maximum Gasteiger partial charge on any atom is 0.287 e. The first-order chi connectivity index (χ1) is 16.2. The maximum atomic E-state index is 12.5. The van der Waals surface area contributed by atoms with Crippen molar-refractivity contribution in [3.05, 3.63) is 106 Å². The van der Waals surface area contributed by atoms with Crippen LogP contribution >= 0.6 is 23.1 Å². The van der Waals surface area contributed by atoms with E-state index >= 15 is 0 Å². The SMILES string of the molecule is Cc1cccc(-n2c(-c3ccccc3)cs/c2=N/N=C2\CSC(=O)N2Cc2ccccc2)c1. The van der Waals surface area contributed by atoms with Crippen molar-refractivity contribution < 1.29 is 4.79 Å². The van der Waals surface area contributed by atoms with E-state index in [0.717, 1.165) is 27.3 Å². The lowest BCUT2D eigenvalue weighted by molar-refractivity contribution is 0.244. The second kappa shape index (κ2) is 9.60. The molecule has 5 nitrogen and oxygen atoms in total. The molecule has 0 radical (unpaired) electrons.